The Balaban J connectivity index is 2.90. The van der Waals surface area contributed by atoms with Gasteiger partial charge in [-0.2, -0.15) is 0 Å². The van der Waals surface area contributed by atoms with Gasteiger partial charge in [0.2, 0.25) is 0 Å². The number of esters is 1. The number of benzene rings is 1. The van der Waals surface area contributed by atoms with Crippen LogP contribution in [0, 0.1) is 0 Å². The van der Waals surface area contributed by atoms with Crippen molar-refractivity contribution in [2.24, 2.45) is 0 Å². The van der Waals surface area contributed by atoms with Gasteiger partial charge in [0.05, 0.1) is 6.61 Å². The first kappa shape index (κ1) is 15.3. The van der Waals surface area contributed by atoms with Crippen molar-refractivity contribution in [3.8, 4) is 11.5 Å². The summed E-state index contributed by atoms with van der Waals surface area (Å²) >= 11 is 0. The molecule has 0 aliphatic carbocycles. The van der Waals surface area contributed by atoms with E-state index >= 15 is 0 Å². The SMILES string of the molecule is CCCCCCc1cc(O)cc(O)c1C(=O)OCC. The molecule has 4 nitrogen and oxygen atoms in total. The Hall–Kier alpha value is -1.71. The van der Waals surface area contributed by atoms with E-state index in [9.17, 15) is 15.0 Å². The van der Waals surface area contributed by atoms with Gasteiger partial charge in [-0.05, 0) is 31.4 Å². The van der Waals surface area contributed by atoms with Gasteiger partial charge in [-0.1, -0.05) is 26.2 Å². The van der Waals surface area contributed by atoms with Crippen molar-refractivity contribution in [2.75, 3.05) is 6.61 Å². The van der Waals surface area contributed by atoms with Crippen LogP contribution in [0.15, 0.2) is 12.1 Å². The zero-order valence-electron chi connectivity index (χ0n) is 11.6. The highest BCUT2D eigenvalue weighted by Crippen LogP contribution is 2.29. The summed E-state index contributed by atoms with van der Waals surface area (Å²) in [4.78, 5) is 11.8. The minimum atomic E-state index is -0.537. The Labute approximate surface area is 114 Å². The molecule has 0 atom stereocenters. The van der Waals surface area contributed by atoms with Gasteiger partial charge in [0.25, 0.3) is 0 Å². The predicted molar refractivity (Wildman–Crippen MR) is 73.6 cm³/mol. The minimum absolute atomic E-state index is 0.0314. The lowest BCUT2D eigenvalue weighted by Gasteiger charge is -2.11. The standard InChI is InChI=1S/C15H22O4/c1-3-5-6-7-8-11-9-12(16)10-13(17)14(11)15(18)19-4-2/h9-10,16-17H,3-8H2,1-2H3. The fourth-order valence-electron chi connectivity index (χ4n) is 2.05. The molecule has 0 spiro atoms. The summed E-state index contributed by atoms with van der Waals surface area (Å²) < 4.78 is 4.94. The van der Waals surface area contributed by atoms with Crippen molar-refractivity contribution in [3.05, 3.63) is 23.3 Å². The molecule has 0 amide bonds. The molecule has 0 saturated carbocycles. The summed E-state index contributed by atoms with van der Waals surface area (Å²) in [5.74, 6) is -0.787. The van der Waals surface area contributed by atoms with Crippen LogP contribution in [0.2, 0.25) is 0 Å². The van der Waals surface area contributed by atoms with Gasteiger partial charge in [0.15, 0.2) is 0 Å². The molecule has 0 bridgehead atoms. The van der Waals surface area contributed by atoms with Crippen LogP contribution < -0.4 is 0 Å². The third-order valence-corrected chi connectivity index (χ3v) is 2.96. The van der Waals surface area contributed by atoms with Gasteiger partial charge in [0.1, 0.15) is 17.1 Å². The van der Waals surface area contributed by atoms with Gasteiger partial charge in [0, 0.05) is 6.07 Å². The number of phenolic OH excluding ortho intramolecular Hbond substituents is 2. The zero-order valence-corrected chi connectivity index (χ0v) is 11.6. The van der Waals surface area contributed by atoms with Crippen molar-refractivity contribution < 1.29 is 19.7 Å². The Morgan fingerprint density at radius 3 is 2.53 bits per heavy atom. The summed E-state index contributed by atoms with van der Waals surface area (Å²) in [6, 6.07) is 2.69. The first-order valence-corrected chi connectivity index (χ1v) is 6.82. The second kappa shape index (κ2) is 7.67. The summed E-state index contributed by atoms with van der Waals surface area (Å²) in [5, 5.41) is 19.3. The molecule has 0 aromatic heterocycles. The summed E-state index contributed by atoms with van der Waals surface area (Å²) in [5.41, 5.74) is 0.822. The normalized spacial score (nSPS) is 10.4. The number of hydrogen-bond donors (Lipinski definition) is 2. The molecule has 0 saturated heterocycles. The lowest BCUT2D eigenvalue weighted by molar-refractivity contribution is 0.0521. The van der Waals surface area contributed by atoms with Gasteiger partial charge in [-0.25, -0.2) is 4.79 Å². The number of unbranched alkanes of at least 4 members (excludes halogenated alkanes) is 3. The van der Waals surface area contributed by atoms with Crippen molar-refractivity contribution in [2.45, 2.75) is 46.0 Å². The molecular formula is C15H22O4. The minimum Gasteiger partial charge on any atom is -0.508 e. The number of carbonyl (C=O) groups excluding carboxylic acids is 1. The maximum Gasteiger partial charge on any atom is 0.342 e. The zero-order chi connectivity index (χ0) is 14.3. The summed E-state index contributed by atoms with van der Waals surface area (Å²) in [6.07, 6.45) is 4.91. The van der Waals surface area contributed by atoms with E-state index in [1.165, 1.54) is 12.1 Å². The molecule has 0 aliphatic rings. The monoisotopic (exact) mass is 266 g/mol. The molecule has 0 unspecified atom stereocenters. The third kappa shape index (κ3) is 4.47. The third-order valence-electron chi connectivity index (χ3n) is 2.96. The Bertz CT molecular complexity index is 426. The predicted octanol–water partition coefficient (Wildman–Crippen LogP) is 3.40. The van der Waals surface area contributed by atoms with Crippen LogP contribution >= 0.6 is 0 Å². The van der Waals surface area contributed by atoms with E-state index in [0.29, 0.717) is 12.0 Å². The fourth-order valence-corrected chi connectivity index (χ4v) is 2.05. The highest BCUT2D eigenvalue weighted by atomic mass is 16.5. The van der Waals surface area contributed by atoms with Crippen LogP contribution in [0.1, 0.15) is 55.5 Å². The van der Waals surface area contributed by atoms with Crippen molar-refractivity contribution in [1.29, 1.82) is 0 Å². The number of phenols is 2. The molecule has 4 heteroatoms. The van der Waals surface area contributed by atoms with E-state index in [-0.39, 0.29) is 23.7 Å². The van der Waals surface area contributed by atoms with Crippen LogP contribution in [-0.2, 0) is 11.2 Å². The van der Waals surface area contributed by atoms with Gasteiger partial charge >= 0.3 is 5.97 Å². The molecule has 0 aliphatic heterocycles. The van der Waals surface area contributed by atoms with E-state index < -0.39 is 5.97 Å². The van der Waals surface area contributed by atoms with Crippen LogP contribution in [0.5, 0.6) is 11.5 Å². The lowest BCUT2D eigenvalue weighted by atomic mass is 9.99. The number of aromatic hydroxyl groups is 2. The van der Waals surface area contributed by atoms with Crippen LogP contribution in [-0.4, -0.2) is 22.8 Å². The summed E-state index contributed by atoms with van der Waals surface area (Å²) in [7, 11) is 0. The largest absolute Gasteiger partial charge is 0.508 e. The second-order valence-corrected chi connectivity index (χ2v) is 4.53. The van der Waals surface area contributed by atoms with Crippen molar-refractivity contribution >= 4 is 5.97 Å². The molecule has 2 N–H and O–H groups in total. The van der Waals surface area contributed by atoms with E-state index in [1.54, 1.807) is 6.92 Å². The number of aryl methyl sites for hydroxylation is 1. The molecule has 0 heterocycles. The van der Waals surface area contributed by atoms with Crippen LogP contribution in [0.4, 0.5) is 0 Å². The van der Waals surface area contributed by atoms with Gasteiger partial charge in [-0.15, -0.1) is 0 Å². The van der Waals surface area contributed by atoms with Crippen LogP contribution in [0.3, 0.4) is 0 Å². The van der Waals surface area contributed by atoms with E-state index in [4.69, 9.17) is 4.74 Å². The summed E-state index contributed by atoms with van der Waals surface area (Å²) in [6.45, 7) is 4.11. The molecule has 106 valence electrons. The van der Waals surface area contributed by atoms with Crippen molar-refractivity contribution in [3.63, 3.8) is 0 Å². The Kier molecular flexibility index (Phi) is 6.19. The second-order valence-electron chi connectivity index (χ2n) is 4.53. The Morgan fingerprint density at radius 1 is 1.16 bits per heavy atom. The van der Waals surface area contributed by atoms with E-state index in [0.717, 1.165) is 25.7 Å². The first-order chi connectivity index (χ1) is 9.10. The molecule has 19 heavy (non-hydrogen) atoms. The molecule has 0 radical (unpaired) electrons. The van der Waals surface area contributed by atoms with Crippen molar-refractivity contribution in [1.82, 2.24) is 0 Å². The number of rotatable bonds is 7. The topological polar surface area (TPSA) is 66.8 Å². The fraction of sp³-hybridized carbons (Fsp3) is 0.533. The number of ether oxygens (including phenoxy) is 1. The van der Waals surface area contributed by atoms with Crippen LogP contribution in [0.25, 0.3) is 0 Å². The molecular weight excluding hydrogens is 244 g/mol. The van der Waals surface area contributed by atoms with Gasteiger partial charge < -0.3 is 14.9 Å². The lowest BCUT2D eigenvalue weighted by Crippen LogP contribution is -2.08. The molecule has 0 fully saturated rings. The number of carbonyl (C=O) groups is 1. The maximum atomic E-state index is 11.8. The number of hydrogen-bond acceptors (Lipinski definition) is 4. The molecule has 1 rings (SSSR count). The first-order valence-electron chi connectivity index (χ1n) is 6.82. The smallest absolute Gasteiger partial charge is 0.342 e. The Morgan fingerprint density at radius 2 is 1.89 bits per heavy atom. The van der Waals surface area contributed by atoms with E-state index in [1.807, 2.05) is 0 Å². The highest BCUT2D eigenvalue weighted by Gasteiger charge is 2.18. The van der Waals surface area contributed by atoms with E-state index in [2.05, 4.69) is 6.92 Å². The molecule has 1 aromatic carbocycles. The van der Waals surface area contributed by atoms with Gasteiger partial charge in [-0.3, -0.25) is 0 Å². The maximum absolute atomic E-state index is 11.8. The molecule has 1 aromatic rings. The average Bonchev–Trinajstić information content (AvgIpc) is 2.34. The average molecular weight is 266 g/mol. The quantitative estimate of drug-likeness (QED) is 0.586. The highest BCUT2D eigenvalue weighted by molar-refractivity contribution is 5.94.